The maximum absolute atomic E-state index is 14.2. The average molecular weight is 343 g/mol. The van der Waals surface area contributed by atoms with Gasteiger partial charge in [0.05, 0.1) is 12.8 Å². The molecule has 1 aliphatic carbocycles. The Labute approximate surface area is 141 Å². The lowest BCUT2D eigenvalue weighted by Gasteiger charge is -2.10. The van der Waals surface area contributed by atoms with Crippen LogP contribution in [0, 0.1) is 17.6 Å². The van der Waals surface area contributed by atoms with E-state index in [9.17, 15) is 18.7 Å². The predicted molar refractivity (Wildman–Crippen MR) is 87.8 cm³/mol. The van der Waals surface area contributed by atoms with Crippen molar-refractivity contribution < 1.29 is 18.7 Å². The van der Waals surface area contributed by atoms with Gasteiger partial charge in [0.15, 0.2) is 5.82 Å². The summed E-state index contributed by atoms with van der Waals surface area (Å²) in [6.07, 6.45) is 5.00. The Hall–Kier alpha value is -2.80. The maximum atomic E-state index is 14.2. The summed E-state index contributed by atoms with van der Waals surface area (Å²) >= 11 is 0. The molecule has 7 heteroatoms. The number of nitrogens with one attached hydrogen (secondary N) is 1. The van der Waals surface area contributed by atoms with Crippen LogP contribution in [0.5, 0.6) is 0 Å². The summed E-state index contributed by atoms with van der Waals surface area (Å²) in [5.41, 5.74) is 0.895. The van der Waals surface area contributed by atoms with Crippen LogP contribution in [-0.2, 0) is 11.4 Å². The first-order chi connectivity index (χ1) is 12.1. The predicted octanol–water partition coefficient (Wildman–Crippen LogP) is 3.12. The lowest BCUT2D eigenvalue weighted by atomic mass is 10.0. The van der Waals surface area contributed by atoms with Crippen molar-refractivity contribution in [2.24, 2.45) is 5.92 Å². The minimum absolute atomic E-state index is 0.0154. The number of hydrogen-bond acceptors (Lipinski definition) is 3. The quantitative estimate of drug-likeness (QED) is 0.765. The Bertz CT molecular complexity index is 980. The van der Waals surface area contributed by atoms with Crippen molar-refractivity contribution >= 4 is 17.4 Å². The zero-order chi connectivity index (χ0) is 17.6. The monoisotopic (exact) mass is 343 g/mol. The maximum Gasteiger partial charge on any atom is 0.228 e. The molecule has 5 nitrogen and oxygen atoms in total. The first kappa shape index (κ1) is 15.7. The molecule has 0 unspecified atom stereocenters. The molecule has 3 aromatic rings. The lowest BCUT2D eigenvalue weighted by molar-refractivity contribution is -0.117. The minimum Gasteiger partial charge on any atom is -0.392 e. The molecular weight excluding hydrogens is 328 g/mol. The summed E-state index contributed by atoms with van der Waals surface area (Å²) in [5, 5.41) is 12.1. The fraction of sp³-hybridized carbons (Fsp3) is 0.222. The molecule has 2 aromatic heterocycles. The average Bonchev–Trinajstić information content (AvgIpc) is 3.37. The van der Waals surface area contributed by atoms with Gasteiger partial charge in [-0.25, -0.2) is 13.8 Å². The van der Waals surface area contributed by atoms with Gasteiger partial charge >= 0.3 is 0 Å². The van der Waals surface area contributed by atoms with E-state index in [-0.39, 0.29) is 23.0 Å². The van der Waals surface area contributed by atoms with Crippen LogP contribution in [0.15, 0.2) is 36.7 Å². The van der Waals surface area contributed by atoms with Crippen molar-refractivity contribution in [1.29, 1.82) is 0 Å². The second-order valence-corrected chi connectivity index (χ2v) is 6.11. The smallest absolute Gasteiger partial charge is 0.228 e. The van der Waals surface area contributed by atoms with Crippen LogP contribution >= 0.6 is 0 Å². The van der Waals surface area contributed by atoms with Gasteiger partial charge in [-0.1, -0.05) is 0 Å². The molecule has 0 saturated heterocycles. The number of imidazole rings is 1. The van der Waals surface area contributed by atoms with Crippen LogP contribution in [0.2, 0.25) is 0 Å². The van der Waals surface area contributed by atoms with Gasteiger partial charge in [0.2, 0.25) is 5.91 Å². The van der Waals surface area contributed by atoms with Crippen LogP contribution < -0.4 is 5.32 Å². The zero-order valence-electron chi connectivity index (χ0n) is 13.2. The molecule has 0 radical (unpaired) electrons. The van der Waals surface area contributed by atoms with Crippen molar-refractivity contribution in [3.63, 3.8) is 0 Å². The van der Waals surface area contributed by atoms with E-state index in [2.05, 4.69) is 10.3 Å². The summed E-state index contributed by atoms with van der Waals surface area (Å²) in [7, 11) is 0. The molecule has 1 saturated carbocycles. The highest BCUT2D eigenvalue weighted by Crippen LogP contribution is 2.31. The molecule has 1 fully saturated rings. The molecule has 1 amide bonds. The summed E-state index contributed by atoms with van der Waals surface area (Å²) in [4.78, 5) is 16.1. The van der Waals surface area contributed by atoms with E-state index in [0.29, 0.717) is 17.0 Å². The summed E-state index contributed by atoms with van der Waals surface area (Å²) < 4.78 is 29.7. The van der Waals surface area contributed by atoms with Gasteiger partial charge in [0.1, 0.15) is 17.3 Å². The molecule has 0 atom stereocenters. The number of amides is 1. The standard InChI is InChI=1S/C18H15F2N3O2/c19-13-4-5-14(20)17(12(13)9-24)11-3-6-16-21-15(8-23(16)7-11)22-18(25)10-1-2-10/h3-8,10,24H,1-2,9H2,(H,22,25). The largest absolute Gasteiger partial charge is 0.392 e. The normalized spacial score (nSPS) is 14.0. The number of fused-ring (bicyclic) bond motifs is 1. The topological polar surface area (TPSA) is 66.6 Å². The van der Waals surface area contributed by atoms with Crippen LogP contribution in [0.4, 0.5) is 14.6 Å². The second kappa shape index (κ2) is 5.93. The highest BCUT2D eigenvalue weighted by atomic mass is 19.1. The summed E-state index contributed by atoms with van der Waals surface area (Å²) in [6, 6.07) is 5.27. The number of pyridine rings is 1. The fourth-order valence-corrected chi connectivity index (χ4v) is 2.83. The second-order valence-electron chi connectivity index (χ2n) is 6.11. The van der Waals surface area contributed by atoms with E-state index in [1.54, 1.807) is 28.9 Å². The van der Waals surface area contributed by atoms with Crippen molar-refractivity contribution in [2.45, 2.75) is 19.4 Å². The van der Waals surface area contributed by atoms with Gasteiger partial charge in [-0.05, 0) is 37.1 Å². The number of carbonyl (C=O) groups excluding carboxylic acids is 1. The van der Waals surface area contributed by atoms with Gasteiger partial charge in [0.25, 0.3) is 0 Å². The molecule has 25 heavy (non-hydrogen) atoms. The number of aliphatic hydroxyl groups is 1. The Morgan fingerprint density at radius 2 is 1.96 bits per heavy atom. The minimum atomic E-state index is -0.665. The van der Waals surface area contributed by atoms with Crippen LogP contribution in [0.1, 0.15) is 18.4 Å². The molecular formula is C18H15F2N3O2. The molecule has 1 aliphatic rings. The molecule has 4 rings (SSSR count). The number of carbonyl (C=O) groups is 1. The molecule has 2 N–H and O–H groups in total. The highest BCUT2D eigenvalue weighted by molar-refractivity contribution is 5.93. The first-order valence-electron chi connectivity index (χ1n) is 7.94. The third kappa shape index (κ3) is 2.87. The van der Waals surface area contributed by atoms with Gasteiger partial charge in [0, 0.05) is 28.8 Å². The van der Waals surface area contributed by atoms with Gasteiger partial charge in [-0.15, -0.1) is 0 Å². The number of nitrogens with zero attached hydrogens (tertiary/aromatic N) is 2. The van der Waals surface area contributed by atoms with E-state index >= 15 is 0 Å². The first-order valence-corrected chi connectivity index (χ1v) is 7.94. The van der Waals surface area contributed by atoms with E-state index in [0.717, 1.165) is 25.0 Å². The van der Waals surface area contributed by atoms with E-state index in [1.165, 1.54) is 0 Å². The zero-order valence-corrected chi connectivity index (χ0v) is 13.2. The molecule has 0 spiro atoms. The van der Waals surface area contributed by atoms with Crippen LogP contribution in [0.3, 0.4) is 0 Å². The van der Waals surface area contributed by atoms with Gasteiger partial charge < -0.3 is 14.8 Å². The number of aliphatic hydroxyl groups excluding tert-OH is 1. The van der Waals surface area contributed by atoms with Crippen molar-refractivity contribution in [3.8, 4) is 11.1 Å². The van der Waals surface area contributed by atoms with E-state index < -0.39 is 18.2 Å². The van der Waals surface area contributed by atoms with Gasteiger partial charge in [-0.3, -0.25) is 4.79 Å². The van der Waals surface area contributed by atoms with Crippen molar-refractivity contribution in [2.75, 3.05) is 5.32 Å². The van der Waals surface area contributed by atoms with Crippen molar-refractivity contribution in [1.82, 2.24) is 9.38 Å². The molecule has 0 aliphatic heterocycles. The van der Waals surface area contributed by atoms with E-state index in [1.807, 2.05) is 0 Å². The fourth-order valence-electron chi connectivity index (χ4n) is 2.83. The number of hydrogen-bond donors (Lipinski definition) is 2. The number of rotatable bonds is 4. The number of aromatic nitrogens is 2. The summed E-state index contributed by atoms with van der Waals surface area (Å²) in [5.74, 6) is -0.860. The number of halogens is 2. The highest BCUT2D eigenvalue weighted by Gasteiger charge is 2.30. The third-order valence-electron chi connectivity index (χ3n) is 4.30. The Kier molecular flexibility index (Phi) is 3.73. The van der Waals surface area contributed by atoms with Crippen molar-refractivity contribution in [3.05, 3.63) is 53.9 Å². The molecule has 2 heterocycles. The lowest BCUT2D eigenvalue weighted by Crippen LogP contribution is -2.13. The third-order valence-corrected chi connectivity index (χ3v) is 4.30. The Balaban J connectivity index is 1.74. The van der Waals surface area contributed by atoms with E-state index in [4.69, 9.17) is 0 Å². The van der Waals surface area contributed by atoms with Crippen LogP contribution in [-0.4, -0.2) is 20.4 Å². The molecule has 1 aromatic carbocycles. The summed E-state index contributed by atoms with van der Waals surface area (Å²) in [6.45, 7) is -0.608. The Morgan fingerprint density at radius 3 is 2.68 bits per heavy atom. The molecule has 0 bridgehead atoms. The van der Waals surface area contributed by atoms with Gasteiger partial charge in [-0.2, -0.15) is 0 Å². The van der Waals surface area contributed by atoms with Crippen LogP contribution in [0.25, 0.3) is 16.8 Å². The number of anilines is 1. The molecule has 128 valence electrons. The SMILES string of the molecule is O=C(Nc1cn2cc(-c3c(F)ccc(F)c3CO)ccc2n1)C1CC1. The number of benzene rings is 1. The Morgan fingerprint density at radius 1 is 1.20 bits per heavy atom.